The smallest absolute Gasteiger partial charge is 0.325 e. The number of halogens is 4. The van der Waals surface area contributed by atoms with Gasteiger partial charge in [-0.15, -0.1) is 0 Å². The van der Waals surface area contributed by atoms with Crippen LogP contribution in [0.3, 0.4) is 0 Å². The van der Waals surface area contributed by atoms with Crippen molar-refractivity contribution in [3.05, 3.63) is 29.6 Å². The van der Waals surface area contributed by atoms with Crippen molar-refractivity contribution < 1.29 is 22.4 Å². The second-order valence-electron chi connectivity index (χ2n) is 3.86. The van der Waals surface area contributed by atoms with E-state index in [1.165, 1.54) is 6.07 Å². The third kappa shape index (κ3) is 5.71. The Bertz CT molecular complexity index is 544. The Hall–Kier alpha value is -2.07. The summed E-state index contributed by atoms with van der Waals surface area (Å²) in [6, 6.07) is 3.39. The lowest BCUT2D eigenvalue weighted by atomic mass is 10.1. The zero-order chi connectivity index (χ0) is 15.2. The lowest BCUT2D eigenvalue weighted by Crippen LogP contribution is -2.17. The SMILES string of the molecule is NCC#Cc1cc(F)ccc1NC(=O)CCC(F)(F)F. The molecule has 0 aliphatic rings. The number of carbonyl (C=O) groups excluding carboxylic acids is 1. The minimum absolute atomic E-state index is 0.0397. The molecule has 0 aliphatic carbocycles. The fraction of sp³-hybridized carbons (Fsp3) is 0.308. The number of rotatable bonds is 3. The highest BCUT2D eigenvalue weighted by Gasteiger charge is 2.27. The first kappa shape index (κ1) is 16.0. The van der Waals surface area contributed by atoms with Gasteiger partial charge in [-0.05, 0) is 18.2 Å². The molecule has 0 aliphatic heterocycles. The van der Waals surface area contributed by atoms with Crippen LogP contribution >= 0.6 is 0 Å². The van der Waals surface area contributed by atoms with E-state index in [0.29, 0.717) is 0 Å². The van der Waals surface area contributed by atoms with Crippen LogP contribution in [0.2, 0.25) is 0 Å². The summed E-state index contributed by atoms with van der Waals surface area (Å²) in [5.74, 6) is 3.64. The van der Waals surface area contributed by atoms with Crippen LogP contribution in [0.1, 0.15) is 18.4 Å². The topological polar surface area (TPSA) is 55.1 Å². The van der Waals surface area contributed by atoms with E-state index >= 15 is 0 Å². The molecular formula is C13H12F4N2O. The van der Waals surface area contributed by atoms with Crippen LogP contribution in [0.4, 0.5) is 23.2 Å². The number of benzene rings is 1. The second-order valence-corrected chi connectivity index (χ2v) is 3.86. The third-order valence-corrected chi connectivity index (χ3v) is 2.22. The zero-order valence-electron chi connectivity index (χ0n) is 10.4. The highest BCUT2D eigenvalue weighted by atomic mass is 19.4. The van der Waals surface area contributed by atoms with Gasteiger partial charge in [0, 0.05) is 6.42 Å². The molecule has 0 bridgehead atoms. The number of carbonyl (C=O) groups is 1. The lowest BCUT2D eigenvalue weighted by Gasteiger charge is -2.09. The van der Waals surface area contributed by atoms with E-state index in [1.54, 1.807) is 0 Å². The molecule has 3 N–H and O–H groups in total. The summed E-state index contributed by atoms with van der Waals surface area (Å²) in [7, 11) is 0. The van der Waals surface area contributed by atoms with Crippen LogP contribution in [-0.2, 0) is 4.79 Å². The fourth-order valence-corrected chi connectivity index (χ4v) is 1.34. The van der Waals surface area contributed by atoms with Crippen LogP contribution < -0.4 is 11.1 Å². The van der Waals surface area contributed by atoms with Crippen molar-refractivity contribution in [3.8, 4) is 11.8 Å². The number of hydrogen-bond donors (Lipinski definition) is 2. The van der Waals surface area contributed by atoms with Crippen molar-refractivity contribution >= 4 is 11.6 Å². The largest absolute Gasteiger partial charge is 0.389 e. The van der Waals surface area contributed by atoms with Gasteiger partial charge in [-0.1, -0.05) is 11.8 Å². The van der Waals surface area contributed by atoms with Gasteiger partial charge in [0.2, 0.25) is 5.91 Å². The predicted molar refractivity (Wildman–Crippen MR) is 66.3 cm³/mol. The Kier molecular flexibility index (Phi) is 5.53. The molecule has 1 amide bonds. The van der Waals surface area contributed by atoms with Crippen molar-refractivity contribution in [2.75, 3.05) is 11.9 Å². The van der Waals surface area contributed by atoms with Gasteiger partial charge < -0.3 is 11.1 Å². The van der Waals surface area contributed by atoms with Gasteiger partial charge in [-0.2, -0.15) is 13.2 Å². The van der Waals surface area contributed by atoms with Crippen LogP contribution in [0, 0.1) is 17.7 Å². The molecule has 3 nitrogen and oxygen atoms in total. The maximum absolute atomic E-state index is 13.1. The highest BCUT2D eigenvalue weighted by Crippen LogP contribution is 2.22. The van der Waals surface area contributed by atoms with E-state index in [2.05, 4.69) is 17.2 Å². The predicted octanol–water partition coefficient (Wildman–Crippen LogP) is 2.42. The van der Waals surface area contributed by atoms with Gasteiger partial charge in [0.15, 0.2) is 0 Å². The Morgan fingerprint density at radius 3 is 2.65 bits per heavy atom. The Morgan fingerprint density at radius 1 is 1.35 bits per heavy atom. The standard InChI is InChI=1S/C13H12F4N2O/c14-10-3-4-11(9(8-10)2-1-7-18)19-12(20)5-6-13(15,16)17/h3-4,8H,5-7,18H2,(H,19,20). The molecule has 0 saturated heterocycles. The molecule has 7 heteroatoms. The molecule has 108 valence electrons. The molecular weight excluding hydrogens is 276 g/mol. The Balaban J connectivity index is 2.79. The normalized spacial score (nSPS) is 10.7. The molecule has 0 unspecified atom stereocenters. The van der Waals surface area contributed by atoms with E-state index in [0.717, 1.165) is 12.1 Å². The summed E-state index contributed by atoms with van der Waals surface area (Å²) in [6.07, 6.45) is -6.32. The maximum Gasteiger partial charge on any atom is 0.389 e. The number of amides is 1. The zero-order valence-corrected chi connectivity index (χ0v) is 10.4. The monoisotopic (exact) mass is 288 g/mol. The van der Waals surface area contributed by atoms with E-state index in [-0.39, 0.29) is 17.8 Å². The molecule has 0 radical (unpaired) electrons. The number of hydrogen-bond acceptors (Lipinski definition) is 2. The van der Waals surface area contributed by atoms with Gasteiger partial charge in [0.05, 0.1) is 24.2 Å². The van der Waals surface area contributed by atoms with Crippen LogP contribution in [0.25, 0.3) is 0 Å². The molecule has 1 aromatic rings. The molecule has 0 aromatic heterocycles. The van der Waals surface area contributed by atoms with E-state index in [4.69, 9.17) is 5.73 Å². The Morgan fingerprint density at radius 2 is 2.05 bits per heavy atom. The van der Waals surface area contributed by atoms with Crippen molar-refractivity contribution in [1.29, 1.82) is 0 Å². The molecule has 1 aromatic carbocycles. The van der Waals surface area contributed by atoms with E-state index < -0.39 is 30.7 Å². The van der Waals surface area contributed by atoms with Gasteiger partial charge in [-0.25, -0.2) is 4.39 Å². The summed E-state index contributed by atoms with van der Waals surface area (Å²) >= 11 is 0. The number of anilines is 1. The molecule has 0 saturated carbocycles. The first-order valence-corrected chi connectivity index (χ1v) is 5.67. The van der Waals surface area contributed by atoms with Crippen molar-refractivity contribution in [2.45, 2.75) is 19.0 Å². The molecule has 20 heavy (non-hydrogen) atoms. The molecule has 1 rings (SSSR count). The average molecular weight is 288 g/mol. The summed E-state index contributed by atoms with van der Waals surface area (Å²) in [4.78, 5) is 11.4. The van der Waals surface area contributed by atoms with Gasteiger partial charge in [0.25, 0.3) is 0 Å². The second kappa shape index (κ2) is 6.91. The fourth-order valence-electron chi connectivity index (χ4n) is 1.34. The number of nitrogens with two attached hydrogens (primary N) is 1. The summed E-state index contributed by atoms with van der Waals surface area (Å²) in [5, 5.41) is 2.27. The number of nitrogens with one attached hydrogen (secondary N) is 1. The number of alkyl halides is 3. The first-order valence-electron chi connectivity index (χ1n) is 5.67. The Labute approximate surface area is 113 Å². The molecule has 0 atom stereocenters. The van der Waals surface area contributed by atoms with Crippen molar-refractivity contribution in [3.63, 3.8) is 0 Å². The van der Waals surface area contributed by atoms with Crippen LogP contribution in [0.5, 0.6) is 0 Å². The van der Waals surface area contributed by atoms with Crippen LogP contribution in [0.15, 0.2) is 18.2 Å². The average Bonchev–Trinajstić information content (AvgIpc) is 2.36. The highest BCUT2D eigenvalue weighted by molar-refractivity contribution is 5.92. The van der Waals surface area contributed by atoms with Crippen LogP contribution in [-0.4, -0.2) is 18.6 Å². The van der Waals surface area contributed by atoms with Crippen molar-refractivity contribution in [1.82, 2.24) is 0 Å². The van der Waals surface area contributed by atoms with E-state index in [1.807, 2.05) is 0 Å². The van der Waals surface area contributed by atoms with Crippen molar-refractivity contribution in [2.24, 2.45) is 5.73 Å². The quantitative estimate of drug-likeness (QED) is 0.663. The maximum atomic E-state index is 13.1. The third-order valence-electron chi connectivity index (χ3n) is 2.22. The minimum atomic E-state index is -4.40. The summed E-state index contributed by atoms with van der Waals surface area (Å²) in [5.41, 5.74) is 5.50. The molecule has 0 heterocycles. The summed E-state index contributed by atoms with van der Waals surface area (Å²) in [6.45, 7) is 0.0397. The summed E-state index contributed by atoms with van der Waals surface area (Å²) < 4.78 is 49.0. The van der Waals surface area contributed by atoms with Gasteiger partial charge in [0.1, 0.15) is 5.82 Å². The van der Waals surface area contributed by atoms with E-state index in [9.17, 15) is 22.4 Å². The molecule has 0 spiro atoms. The minimum Gasteiger partial charge on any atom is -0.325 e. The van der Waals surface area contributed by atoms with Gasteiger partial charge in [-0.3, -0.25) is 4.79 Å². The first-order chi connectivity index (χ1) is 9.31. The van der Waals surface area contributed by atoms with Gasteiger partial charge >= 0.3 is 6.18 Å². The lowest BCUT2D eigenvalue weighted by molar-refractivity contribution is -0.142. The molecule has 0 fully saturated rings.